The highest BCUT2D eigenvalue weighted by Crippen LogP contribution is 2.29. The van der Waals surface area contributed by atoms with E-state index in [1.54, 1.807) is 7.05 Å². The summed E-state index contributed by atoms with van der Waals surface area (Å²) < 4.78 is 0. The zero-order valence-corrected chi connectivity index (χ0v) is 11.8. The van der Waals surface area contributed by atoms with E-state index in [0.29, 0.717) is 13.1 Å². The van der Waals surface area contributed by atoms with E-state index in [1.807, 2.05) is 24.3 Å². The Hall–Kier alpha value is -2.53. The van der Waals surface area contributed by atoms with Crippen LogP contribution in [0.1, 0.15) is 21.5 Å². The lowest BCUT2D eigenvalue weighted by atomic mass is 10.1. The Balaban J connectivity index is 2.13. The lowest BCUT2D eigenvalue weighted by Crippen LogP contribution is -2.26. The van der Waals surface area contributed by atoms with Crippen LogP contribution in [0.5, 0.6) is 11.5 Å². The second-order valence-electron chi connectivity index (χ2n) is 4.86. The van der Waals surface area contributed by atoms with Crippen molar-refractivity contribution in [1.29, 1.82) is 0 Å². The van der Waals surface area contributed by atoms with Crippen LogP contribution in [0.15, 0.2) is 42.5 Å². The minimum absolute atomic E-state index is 0.0797. The highest BCUT2D eigenvalue weighted by Gasteiger charge is 2.17. The van der Waals surface area contributed by atoms with Gasteiger partial charge in [0.05, 0.1) is 5.56 Å². The van der Waals surface area contributed by atoms with Gasteiger partial charge in [0, 0.05) is 20.1 Å². The van der Waals surface area contributed by atoms with Crippen molar-refractivity contribution in [3.63, 3.8) is 0 Å². The Morgan fingerprint density at radius 2 is 1.71 bits per heavy atom. The summed E-state index contributed by atoms with van der Waals surface area (Å²) >= 11 is 0. The number of nitrogens with two attached hydrogens (primary N) is 1. The van der Waals surface area contributed by atoms with Gasteiger partial charge in [-0.1, -0.05) is 30.3 Å². The molecule has 0 aromatic heterocycles. The van der Waals surface area contributed by atoms with Crippen molar-refractivity contribution < 1.29 is 15.0 Å². The first-order valence-electron chi connectivity index (χ1n) is 6.57. The van der Waals surface area contributed by atoms with E-state index in [9.17, 15) is 15.0 Å². The lowest BCUT2D eigenvalue weighted by Gasteiger charge is -2.18. The maximum absolute atomic E-state index is 12.3. The molecule has 0 radical (unpaired) electrons. The number of benzene rings is 2. The summed E-state index contributed by atoms with van der Waals surface area (Å²) in [4.78, 5) is 13.8. The highest BCUT2D eigenvalue weighted by molar-refractivity contribution is 5.97. The van der Waals surface area contributed by atoms with Crippen molar-refractivity contribution >= 4 is 5.91 Å². The molecule has 21 heavy (non-hydrogen) atoms. The number of phenols is 2. The third kappa shape index (κ3) is 3.32. The quantitative estimate of drug-likeness (QED) is 0.748. The molecule has 0 bridgehead atoms. The number of hydrogen-bond acceptors (Lipinski definition) is 4. The van der Waals surface area contributed by atoms with Gasteiger partial charge < -0.3 is 20.8 Å². The summed E-state index contributed by atoms with van der Waals surface area (Å²) in [6.07, 6.45) is 0. The molecule has 0 aliphatic heterocycles. The summed E-state index contributed by atoms with van der Waals surface area (Å²) in [7, 11) is 1.64. The number of rotatable bonds is 4. The summed E-state index contributed by atoms with van der Waals surface area (Å²) in [6, 6.07) is 12.0. The van der Waals surface area contributed by atoms with Gasteiger partial charge in [-0.3, -0.25) is 4.79 Å². The van der Waals surface area contributed by atoms with Gasteiger partial charge in [0.1, 0.15) is 0 Å². The molecule has 2 aromatic carbocycles. The summed E-state index contributed by atoms with van der Waals surface area (Å²) in [6.45, 7) is 0.880. The average Bonchev–Trinajstić information content (AvgIpc) is 2.50. The molecule has 110 valence electrons. The third-order valence-corrected chi connectivity index (χ3v) is 3.27. The zero-order chi connectivity index (χ0) is 15.4. The van der Waals surface area contributed by atoms with Crippen molar-refractivity contribution in [2.75, 3.05) is 7.05 Å². The molecule has 0 aliphatic carbocycles. The van der Waals surface area contributed by atoms with E-state index in [-0.39, 0.29) is 17.2 Å². The monoisotopic (exact) mass is 286 g/mol. The first-order valence-corrected chi connectivity index (χ1v) is 6.57. The predicted octanol–water partition coefficient (Wildman–Crippen LogP) is 1.83. The Kier molecular flexibility index (Phi) is 4.45. The van der Waals surface area contributed by atoms with Gasteiger partial charge in [-0.25, -0.2) is 0 Å². The Bertz CT molecular complexity index is 638. The number of nitrogens with zero attached hydrogens (tertiary/aromatic N) is 1. The van der Waals surface area contributed by atoms with E-state index >= 15 is 0 Å². The first kappa shape index (κ1) is 14.9. The number of hydrogen-bond donors (Lipinski definition) is 3. The van der Waals surface area contributed by atoms with Gasteiger partial charge in [-0.2, -0.15) is 0 Å². The number of carbonyl (C=O) groups is 1. The molecule has 0 spiro atoms. The summed E-state index contributed by atoms with van der Waals surface area (Å²) in [5.74, 6) is -1.05. The molecule has 5 heteroatoms. The molecule has 1 amide bonds. The molecular weight excluding hydrogens is 268 g/mol. The molecule has 0 aliphatic rings. The zero-order valence-electron chi connectivity index (χ0n) is 11.8. The Labute approximate surface area is 123 Å². The normalized spacial score (nSPS) is 10.4. The molecule has 2 rings (SSSR count). The molecule has 4 N–H and O–H groups in total. The van der Waals surface area contributed by atoms with Gasteiger partial charge in [0.25, 0.3) is 5.91 Å². The van der Waals surface area contributed by atoms with Crippen molar-refractivity contribution in [2.24, 2.45) is 5.73 Å². The number of amides is 1. The number of para-hydroxylation sites is 1. The van der Waals surface area contributed by atoms with E-state index in [4.69, 9.17) is 5.73 Å². The molecule has 2 aromatic rings. The lowest BCUT2D eigenvalue weighted by molar-refractivity contribution is 0.0781. The molecule has 0 unspecified atom stereocenters. The van der Waals surface area contributed by atoms with Crippen LogP contribution in [0.3, 0.4) is 0 Å². The largest absolute Gasteiger partial charge is 0.504 e. The van der Waals surface area contributed by atoms with Crippen LogP contribution in [0.25, 0.3) is 0 Å². The standard InChI is InChI=1S/C16H18N2O3/c1-18(10-12-7-5-11(9-17)6-8-12)16(21)13-3-2-4-14(19)15(13)20/h2-8,19-20H,9-10,17H2,1H3. The molecule has 0 fully saturated rings. The Morgan fingerprint density at radius 3 is 2.33 bits per heavy atom. The third-order valence-electron chi connectivity index (χ3n) is 3.27. The van der Waals surface area contributed by atoms with Crippen LogP contribution in [0, 0.1) is 0 Å². The van der Waals surface area contributed by atoms with E-state index < -0.39 is 5.75 Å². The van der Waals surface area contributed by atoms with Crippen LogP contribution in [-0.2, 0) is 13.1 Å². The van der Waals surface area contributed by atoms with Gasteiger partial charge in [0.15, 0.2) is 11.5 Å². The van der Waals surface area contributed by atoms with Gasteiger partial charge >= 0.3 is 0 Å². The molecule has 0 saturated heterocycles. The van der Waals surface area contributed by atoms with Crippen LogP contribution in [0.4, 0.5) is 0 Å². The Morgan fingerprint density at radius 1 is 1.10 bits per heavy atom. The van der Waals surface area contributed by atoms with Crippen molar-refractivity contribution in [1.82, 2.24) is 4.90 Å². The fourth-order valence-corrected chi connectivity index (χ4v) is 2.04. The maximum Gasteiger partial charge on any atom is 0.257 e. The minimum Gasteiger partial charge on any atom is -0.504 e. The van der Waals surface area contributed by atoms with Crippen molar-refractivity contribution in [2.45, 2.75) is 13.1 Å². The number of aromatic hydroxyl groups is 2. The van der Waals surface area contributed by atoms with Crippen LogP contribution in [0.2, 0.25) is 0 Å². The van der Waals surface area contributed by atoms with Gasteiger partial charge in [-0.15, -0.1) is 0 Å². The van der Waals surface area contributed by atoms with E-state index in [2.05, 4.69) is 0 Å². The average molecular weight is 286 g/mol. The second kappa shape index (κ2) is 6.28. The summed E-state index contributed by atoms with van der Waals surface area (Å²) in [5.41, 5.74) is 7.61. The molecular formula is C16H18N2O3. The SMILES string of the molecule is CN(Cc1ccc(CN)cc1)C(=O)c1cccc(O)c1O. The fraction of sp³-hybridized carbons (Fsp3) is 0.188. The van der Waals surface area contributed by atoms with E-state index in [0.717, 1.165) is 11.1 Å². The van der Waals surface area contributed by atoms with Crippen LogP contribution in [-0.4, -0.2) is 28.1 Å². The molecule has 5 nitrogen and oxygen atoms in total. The highest BCUT2D eigenvalue weighted by atomic mass is 16.3. The van der Waals surface area contributed by atoms with Crippen LogP contribution >= 0.6 is 0 Å². The molecule has 0 atom stereocenters. The minimum atomic E-state index is -0.396. The van der Waals surface area contributed by atoms with E-state index in [1.165, 1.54) is 23.1 Å². The van der Waals surface area contributed by atoms with Gasteiger partial charge in [-0.05, 0) is 23.3 Å². The van der Waals surface area contributed by atoms with Gasteiger partial charge in [0.2, 0.25) is 0 Å². The van der Waals surface area contributed by atoms with Crippen molar-refractivity contribution in [3.8, 4) is 11.5 Å². The van der Waals surface area contributed by atoms with Crippen molar-refractivity contribution in [3.05, 3.63) is 59.2 Å². The molecule has 0 heterocycles. The maximum atomic E-state index is 12.3. The fourth-order valence-electron chi connectivity index (χ4n) is 2.04. The predicted molar refractivity (Wildman–Crippen MR) is 79.9 cm³/mol. The first-order chi connectivity index (χ1) is 10.0. The second-order valence-corrected chi connectivity index (χ2v) is 4.86. The summed E-state index contributed by atoms with van der Waals surface area (Å²) in [5, 5.41) is 19.2. The number of carbonyl (C=O) groups excluding carboxylic acids is 1. The topological polar surface area (TPSA) is 86.8 Å². The van der Waals surface area contributed by atoms with Crippen LogP contribution < -0.4 is 5.73 Å². The smallest absolute Gasteiger partial charge is 0.257 e. The number of phenolic OH excluding ortho intramolecular Hbond substituents is 2. The molecule has 0 saturated carbocycles.